The van der Waals surface area contributed by atoms with Gasteiger partial charge in [0.25, 0.3) is 0 Å². The molecule has 0 saturated carbocycles. The Morgan fingerprint density at radius 2 is 1.68 bits per heavy atom. The van der Waals surface area contributed by atoms with Crippen molar-refractivity contribution in [3.63, 3.8) is 0 Å². The lowest BCUT2D eigenvalue weighted by molar-refractivity contribution is -0.137. The van der Waals surface area contributed by atoms with Crippen LogP contribution in [0.4, 0.5) is 0 Å². The number of carbonyl (C=O) groups is 2. The summed E-state index contributed by atoms with van der Waals surface area (Å²) >= 11 is 0. The summed E-state index contributed by atoms with van der Waals surface area (Å²) in [5.41, 5.74) is -0.494. The van der Waals surface area contributed by atoms with Gasteiger partial charge in [0, 0.05) is 32.0 Å². The van der Waals surface area contributed by atoms with Gasteiger partial charge in [-0.3, -0.25) is 9.59 Å². The van der Waals surface area contributed by atoms with Crippen molar-refractivity contribution in [2.75, 3.05) is 26.8 Å². The van der Waals surface area contributed by atoms with Gasteiger partial charge in [0.2, 0.25) is 11.8 Å². The van der Waals surface area contributed by atoms with Gasteiger partial charge in [-0.2, -0.15) is 0 Å². The largest absolute Gasteiger partial charge is 0.384 e. The summed E-state index contributed by atoms with van der Waals surface area (Å²) in [6, 6.07) is 0. The van der Waals surface area contributed by atoms with Crippen molar-refractivity contribution in [2.24, 2.45) is 10.8 Å². The minimum absolute atomic E-state index is 0.102. The van der Waals surface area contributed by atoms with Crippen molar-refractivity contribution in [1.82, 2.24) is 10.6 Å². The fourth-order valence-corrected chi connectivity index (χ4v) is 1.87. The van der Waals surface area contributed by atoms with Crippen LogP contribution in [0.5, 0.6) is 0 Å². The Morgan fingerprint density at radius 3 is 2.18 bits per heavy atom. The fraction of sp³-hybridized carbons (Fsp3) is 0.875. The van der Waals surface area contributed by atoms with Gasteiger partial charge in [0.05, 0.1) is 6.61 Å². The van der Waals surface area contributed by atoms with Crippen molar-refractivity contribution < 1.29 is 19.4 Å². The van der Waals surface area contributed by atoms with E-state index in [-0.39, 0.29) is 30.9 Å². The van der Waals surface area contributed by atoms with Crippen LogP contribution in [0.3, 0.4) is 0 Å². The molecule has 0 saturated heterocycles. The lowest BCUT2D eigenvalue weighted by Gasteiger charge is -2.28. The first-order chi connectivity index (χ1) is 9.99. The Balaban J connectivity index is 3.99. The average Bonchev–Trinajstić information content (AvgIpc) is 2.36. The molecule has 0 radical (unpaired) electrons. The molecular formula is C16H32N2O4. The van der Waals surface area contributed by atoms with E-state index in [2.05, 4.69) is 31.4 Å². The van der Waals surface area contributed by atoms with Crippen LogP contribution in [-0.4, -0.2) is 49.8 Å². The summed E-state index contributed by atoms with van der Waals surface area (Å²) in [7, 11) is 1.52. The van der Waals surface area contributed by atoms with E-state index < -0.39 is 17.4 Å². The lowest BCUT2D eigenvalue weighted by Crippen LogP contribution is -2.46. The topological polar surface area (TPSA) is 87.7 Å². The maximum atomic E-state index is 11.8. The molecule has 0 spiro atoms. The minimum atomic E-state index is -1.17. The molecule has 0 aliphatic carbocycles. The maximum Gasteiger partial charge on any atom is 0.249 e. The number of aliphatic hydroxyl groups excluding tert-OH is 1. The third-order valence-electron chi connectivity index (χ3n) is 3.35. The number of aliphatic hydroxyl groups is 1. The average molecular weight is 316 g/mol. The zero-order chi connectivity index (χ0) is 17.4. The standard InChI is InChI=1S/C16H32N2O4/c1-15(2,3)8-10-17-12(19)7-9-18-14(21)13(20)16(4,5)11-22-6/h13,20H,7-11H2,1-6H3,(H,17,19)(H,18,21). The Labute approximate surface area is 134 Å². The van der Waals surface area contributed by atoms with E-state index >= 15 is 0 Å². The molecule has 2 amide bonds. The quantitative estimate of drug-likeness (QED) is 0.594. The summed E-state index contributed by atoms with van der Waals surface area (Å²) < 4.78 is 4.99. The molecule has 6 heteroatoms. The molecular weight excluding hydrogens is 284 g/mol. The van der Waals surface area contributed by atoms with E-state index in [9.17, 15) is 14.7 Å². The highest BCUT2D eigenvalue weighted by atomic mass is 16.5. The second kappa shape index (κ2) is 9.10. The molecule has 0 rings (SSSR count). The number of ether oxygens (including phenoxy) is 1. The Bertz CT molecular complexity index is 362. The molecule has 3 N–H and O–H groups in total. The Kier molecular flexibility index (Phi) is 8.63. The number of carbonyl (C=O) groups excluding carboxylic acids is 2. The monoisotopic (exact) mass is 316 g/mol. The van der Waals surface area contributed by atoms with Gasteiger partial charge in [-0.1, -0.05) is 34.6 Å². The van der Waals surface area contributed by atoms with E-state index in [1.807, 2.05) is 0 Å². The predicted molar refractivity (Wildman–Crippen MR) is 86.4 cm³/mol. The predicted octanol–water partition coefficient (Wildman–Crippen LogP) is 1.08. The van der Waals surface area contributed by atoms with Gasteiger partial charge in [-0.15, -0.1) is 0 Å². The van der Waals surface area contributed by atoms with Crippen LogP contribution in [0.1, 0.15) is 47.5 Å². The second-order valence-corrected chi connectivity index (χ2v) is 7.53. The zero-order valence-corrected chi connectivity index (χ0v) is 14.8. The third-order valence-corrected chi connectivity index (χ3v) is 3.35. The first-order valence-corrected chi connectivity index (χ1v) is 7.71. The molecule has 0 aromatic heterocycles. The normalized spacial score (nSPS) is 13.6. The van der Waals surface area contributed by atoms with Gasteiger partial charge in [-0.25, -0.2) is 0 Å². The highest BCUT2D eigenvalue weighted by Crippen LogP contribution is 2.21. The summed E-state index contributed by atoms with van der Waals surface area (Å²) in [4.78, 5) is 23.5. The number of nitrogens with one attached hydrogen (secondary N) is 2. The first-order valence-electron chi connectivity index (χ1n) is 7.71. The van der Waals surface area contributed by atoms with Crippen molar-refractivity contribution in [1.29, 1.82) is 0 Å². The second-order valence-electron chi connectivity index (χ2n) is 7.53. The molecule has 1 unspecified atom stereocenters. The minimum Gasteiger partial charge on any atom is -0.384 e. The van der Waals surface area contributed by atoms with Crippen molar-refractivity contribution in [3.8, 4) is 0 Å². The fourth-order valence-electron chi connectivity index (χ4n) is 1.87. The van der Waals surface area contributed by atoms with Crippen molar-refractivity contribution in [2.45, 2.75) is 53.6 Å². The number of amides is 2. The van der Waals surface area contributed by atoms with Gasteiger partial charge in [0.15, 0.2) is 0 Å². The molecule has 0 aromatic carbocycles. The van der Waals surface area contributed by atoms with Crippen LogP contribution in [0.25, 0.3) is 0 Å². The van der Waals surface area contributed by atoms with Crippen molar-refractivity contribution >= 4 is 11.8 Å². The Morgan fingerprint density at radius 1 is 1.09 bits per heavy atom. The highest BCUT2D eigenvalue weighted by Gasteiger charge is 2.33. The smallest absolute Gasteiger partial charge is 0.249 e. The highest BCUT2D eigenvalue weighted by molar-refractivity contribution is 5.82. The first kappa shape index (κ1) is 20.9. The van der Waals surface area contributed by atoms with Gasteiger partial charge in [0.1, 0.15) is 6.10 Å². The van der Waals surface area contributed by atoms with Gasteiger partial charge >= 0.3 is 0 Å². The molecule has 0 aliphatic rings. The summed E-state index contributed by atoms with van der Waals surface area (Å²) in [5.74, 6) is -0.584. The molecule has 130 valence electrons. The number of rotatable bonds is 9. The van der Waals surface area contributed by atoms with Gasteiger partial charge < -0.3 is 20.5 Å². The number of methoxy groups -OCH3 is 1. The molecule has 0 heterocycles. The molecule has 1 atom stereocenters. The number of hydrogen-bond donors (Lipinski definition) is 3. The SMILES string of the molecule is COCC(C)(C)C(O)C(=O)NCCC(=O)NCCC(C)(C)C. The van der Waals surface area contributed by atoms with Crippen LogP contribution >= 0.6 is 0 Å². The Hall–Kier alpha value is -1.14. The number of hydrogen-bond acceptors (Lipinski definition) is 4. The summed E-state index contributed by atoms with van der Waals surface area (Å²) in [6.07, 6.45) is -0.0705. The van der Waals surface area contributed by atoms with E-state index in [0.717, 1.165) is 6.42 Å². The third kappa shape index (κ3) is 9.00. The maximum absolute atomic E-state index is 11.8. The molecule has 6 nitrogen and oxygen atoms in total. The van der Waals surface area contributed by atoms with Crippen LogP contribution in [0.15, 0.2) is 0 Å². The van der Waals surface area contributed by atoms with Crippen LogP contribution in [0, 0.1) is 10.8 Å². The van der Waals surface area contributed by atoms with Crippen LogP contribution in [-0.2, 0) is 14.3 Å². The van der Waals surface area contributed by atoms with E-state index in [1.54, 1.807) is 13.8 Å². The molecule has 22 heavy (non-hydrogen) atoms. The van der Waals surface area contributed by atoms with Gasteiger partial charge in [-0.05, 0) is 11.8 Å². The molecule has 0 fully saturated rings. The van der Waals surface area contributed by atoms with E-state index in [0.29, 0.717) is 6.54 Å². The van der Waals surface area contributed by atoms with Crippen LogP contribution < -0.4 is 10.6 Å². The molecule has 0 aliphatic heterocycles. The molecule has 0 aromatic rings. The molecule has 0 bridgehead atoms. The van der Waals surface area contributed by atoms with E-state index in [4.69, 9.17) is 4.74 Å². The summed E-state index contributed by atoms with van der Waals surface area (Å²) in [6.45, 7) is 10.9. The van der Waals surface area contributed by atoms with Crippen molar-refractivity contribution in [3.05, 3.63) is 0 Å². The van der Waals surface area contributed by atoms with Crippen LogP contribution in [0.2, 0.25) is 0 Å². The zero-order valence-electron chi connectivity index (χ0n) is 14.8. The lowest BCUT2D eigenvalue weighted by atomic mass is 9.87. The summed E-state index contributed by atoms with van der Waals surface area (Å²) in [5, 5.41) is 15.4. The van der Waals surface area contributed by atoms with E-state index in [1.165, 1.54) is 7.11 Å².